The van der Waals surface area contributed by atoms with Crippen LogP contribution < -0.4 is 0 Å². The number of ether oxygens (including phenoxy) is 8. The van der Waals surface area contributed by atoms with Crippen molar-refractivity contribution in [2.24, 2.45) is 5.11 Å². The Morgan fingerprint density at radius 3 is 1.89 bits per heavy atom. The van der Waals surface area contributed by atoms with Gasteiger partial charge in [0, 0.05) is 39.2 Å². The molecule has 1 fully saturated rings. The number of rotatable bonds is 15. The fourth-order valence-electron chi connectivity index (χ4n) is 3.02. The summed E-state index contributed by atoms with van der Waals surface area (Å²) in [7, 11) is 0. The Kier molecular flexibility index (Phi) is 14.3. The van der Waals surface area contributed by atoms with Gasteiger partial charge in [-0.1, -0.05) is 5.11 Å². The molecule has 35 heavy (non-hydrogen) atoms. The minimum Gasteiger partial charge on any atom is -0.463 e. The molecule has 2 unspecified atom stereocenters. The molecule has 0 saturated carbocycles. The van der Waals surface area contributed by atoms with Gasteiger partial charge in [0.05, 0.1) is 33.0 Å². The van der Waals surface area contributed by atoms with Crippen molar-refractivity contribution in [3.63, 3.8) is 0 Å². The average Bonchev–Trinajstić information content (AvgIpc) is 2.76. The molecule has 0 aromatic heterocycles. The molecule has 1 rings (SSSR count). The van der Waals surface area contributed by atoms with Crippen LogP contribution in [0.2, 0.25) is 0 Å². The maximum absolute atomic E-state index is 11.8. The highest BCUT2D eigenvalue weighted by Gasteiger charge is 2.52. The van der Waals surface area contributed by atoms with Crippen LogP contribution in [0.3, 0.4) is 0 Å². The van der Waals surface area contributed by atoms with Crippen molar-refractivity contribution in [3.05, 3.63) is 10.4 Å². The Bertz CT molecular complexity index is 758. The van der Waals surface area contributed by atoms with Crippen molar-refractivity contribution in [1.82, 2.24) is 0 Å². The summed E-state index contributed by atoms with van der Waals surface area (Å²) in [5.41, 5.74) is 8.18. The van der Waals surface area contributed by atoms with E-state index in [1.807, 2.05) is 0 Å². The lowest BCUT2D eigenvalue weighted by Crippen LogP contribution is -2.63. The number of esters is 4. The maximum atomic E-state index is 11.8. The van der Waals surface area contributed by atoms with Crippen LogP contribution in [0.25, 0.3) is 10.4 Å². The van der Waals surface area contributed by atoms with Crippen LogP contribution in [0.15, 0.2) is 5.11 Å². The molecule has 15 nitrogen and oxygen atoms in total. The first-order chi connectivity index (χ1) is 16.6. The molecule has 198 valence electrons. The number of nitrogens with zero attached hydrogens (tertiary/aromatic N) is 3. The summed E-state index contributed by atoms with van der Waals surface area (Å²) in [5.74, 6) is -2.80. The topological polar surface area (TPSA) is 191 Å². The summed E-state index contributed by atoms with van der Waals surface area (Å²) in [6.07, 6.45) is -6.20. The minimum atomic E-state index is -1.30. The van der Waals surface area contributed by atoms with Gasteiger partial charge in [0.25, 0.3) is 0 Å². The Morgan fingerprint density at radius 1 is 0.771 bits per heavy atom. The molecule has 1 saturated heterocycles. The minimum absolute atomic E-state index is 0.0214. The quantitative estimate of drug-likeness (QED) is 0.0745. The standard InChI is InChI=1S/C20H31N3O12/c1-12(24)31-11-16-17(32-13(2)25)18(33-14(3)26)19(34-15(4)27)20(35-16)30-10-9-29-8-7-28-6-5-22-23-21/h16-20H,5-11H2,1-4H3/t16?,17-,18+,19?,20+/m1/s1. The second-order valence-corrected chi connectivity index (χ2v) is 7.12. The smallest absolute Gasteiger partial charge is 0.303 e. The molecular weight excluding hydrogens is 474 g/mol. The highest BCUT2D eigenvalue weighted by Crippen LogP contribution is 2.29. The number of hydrogen-bond acceptors (Lipinski definition) is 13. The zero-order valence-electron chi connectivity index (χ0n) is 20.1. The van der Waals surface area contributed by atoms with Gasteiger partial charge in [0.2, 0.25) is 0 Å². The SMILES string of the molecule is CC(=O)OCC1O[C@H](OCCOCCOCCN=[N+]=[N-])C(OC(C)=O)[C@@H](OC(C)=O)[C@@H]1OC(C)=O. The molecule has 0 bridgehead atoms. The maximum Gasteiger partial charge on any atom is 0.303 e. The van der Waals surface area contributed by atoms with Crippen LogP contribution in [0.1, 0.15) is 27.7 Å². The molecule has 1 heterocycles. The van der Waals surface area contributed by atoms with E-state index in [9.17, 15) is 19.2 Å². The zero-order valence-corrected chi connectivity index (χ0v) is 20.1. The summed E-state index contributed by atoms with van der Waals surface area (Å²) in [4.78, 5) is 49.1. The zero-order chi connectivity index (χ0) is 26.2. The largest absolute Gasteiger partial charge is 0.463 e. The van der Waals surface area contributed by atoms with Crippen LogP contribution in [0.4, 0.5) is 0 Å². The lowest BCUT2D eigenvalue weighted by molar-refractivity contribution is -0.309. The highest BCUT2D eigenvalue weighted by molar-refractivity contribution is 5.68. The summed E-state index contributed by atoms with van der Waals surface area (Å²) in [5, 5.41) is 3.33. The van der Waals surface area contributed by atoms with Crippen molar-refractivity contribution in [3.8, 4) is 0 Å². The summed E-state index contributed by atoms with van der Waals surface area (Å²) < 4.78 is 42.9. The van der Waals surface area contributed by atoms with Gasteiger partial charge in [-0.3, -0.25) is 19.2 Å². The molecule has 0 aromatic rings. The van der Waals surface area contributed by atoms with E-state index in [2.05, 4.69) is 10.0 Å². The van der Waals surface area contributed by atoms with Crippen molar-refractivity contribution < 1.29 is 57.1 Å². The fraction of sp³-hybridized carbons (Fsp3) is 0.800. The molecule has 0 aliphatic carbocycles. The molecule has 1 aliphatic rings. The van der Waals surface area contributed by atoms with E-state index in [4.69, 9.17) is 43.4 Å². The second kappa shape index (κ2) is 16.6. The van der Waals surface area contributed by atoms with E-state index in [0.717, 1.165) is 20.8 Å². The Labute approximate surface area is 201 Å². The number of azide groups is 1. The van der Waals surface area contributed by atoms with Gasteiger partial charge in [-0.15, -0.1) is 0 Å². The van der Waals surface area contributed by atoms with E-state index in [1.54, 1.807) is 0 Å². The third kappa shape index (κ3) is 12.3. The first kappa shape index (κ1) is 30.1. The van der Waals surface area contributed by atoms with Gasteiger partial charge in [0.15, 0.2) is 24.6 Å². The molecule has 0 radical (unpaired) electrons. The number of hydrogen-bond donors (Lipinski definition) is 0. The van der Waals surface area contributed by atoms with Crippen LogP contribution in [-0.4, -0.2) is 101 Å². The van der Waals surface area contributed by atoms with Crippen LogP contribution in [0, 0.1) is 0 Å². The Balaban J connectivity index is 2.85. The first-order valence-electron chi connectivity index (χ1n) is 10.7. The normalized spacial score (nSPS) is 23.5. The van der Waals surface area contributed by atoms with E-state index in [0.29, 0.717) is 0 Å². The van der Waals surface area contributed by atoms with E-state index < -0.39 is 54.6 Å². The molecule has 0 amide bonds. The van der Waals surface area contributed by atoms with Gasteiger partial charge in [-0.05, 0) is 5.53 Å². The van der Waals surface area contributed by atoms with Gasteiger partial charge < -0.3 is 37.9 Å². The van der Waals surface area contributed by atoms with Crippen molar-refractivity contribution in [2.45, 2.75) is 58.4 Å². The Hall–Kier alpha value is -2.97. The first-order valence-corrected chi connectivity index (χ1v) is 10.7. The molecule has 15 heteroatoms. The number of carbonyl (C=O) groups excluding carboxylic acids is 4. The van der Waals surface area contributed by atoms with Crippen LogP contribution in [0.5, 0.6) is 0 Å². The number of carbonyl (C=O) groups is 4. The molecular formula is C20H31N3O12. The second-order valence-electron chi connectivity index (χ2n) is 7.12. The van der Waals surface area contributed by atoms with Gasteiger partial charge in [-0.2, -0.15) is 0 Å². The summed E-state index contributed by atoms with van der Waals surface area (Å²) in [6, 6.07) is 0. The summed E-state index contributed by atoms with van der Waals surface area (Å²) in [6.45, 7) is 5.29. The monoisotopic (exact) mass is 505 g/mol. The molecule has 0 N–H and O–H groups in total. The fourth-order valence-corrected chi connectivity index (χ4v) is 3.02. The predicted octanol–water partition coefficient (Wildman–Crippen LogP) is 0.430. The van der Waals surface area contributed by atoms with Crippen LogP contribution in [-0.2, 0) is 57.1 Å². The molecule has 5 atom stereocenters. The highest BCUT2D eigenvalue weighted by atomic mass is 16.7. The lowest BCUT2D eigenvalue weighted by Gasteiger charge is -2.44. The predicted molar refractivity (Wildman–Crippen MR) is 114 cm³/mol. The van der Waals surface area contributed by atoms with Crippen molar-refractivity contribution in [2.75, 3.05) is 46.2 Å². The third-order valence-electron chi connectivity index (χ3n) is 4.23. The van der Waals surface area contributed by atoms with E-state index >= 15 is 0 Å². The molecule has 0 spiro atoms. The van der Waals surface area contributed by atoms with Gasteiger partial charge in [-0.25, -0.2) is 0 Å². The molecule has 1 aliphatic heterocycles. The Morgan fingerprint density at radius 2 is 1.31 bits per heavy atom. The van der Waals surface area contributed by atoms with E-state index in [-0.39, 0.29) is 46.2 Å². The van der Waals surface area contributed by atoms with Crippen LogP contribution >= 0.6 is 0 Å². The van der Waals surface area contributed by atoms with Gasteiger partial charge >= 0.3 is 23.9 Å². The lowest BCUT2D eigenvalue weighted by atomic mass is 9.98. The summed E-state index contributed by atoms with van der Waals surface area (Å²) >= 11 is 0. The third-order valence-corrected chi connectivity index (χ3v) is 4.23. The average molecular weight is 505 g/mol. The van der Waals surface area contributed by atoms with E-state index in [1.165, 1.54) is 6.92 Å². The van der Waals surface area contributed by atoms with Crippen molar-refractivity contribution >= 4 is 23.9 Å². The van der Waals surface area contributed by atoms with Gasteiger partial charge in [0.1, 0.15) is 12.7 Å². The molecule has 0 aromatic carbocycles. The van der Waals surface area contributed by atoms with Crippen molar-refractivity contribution in [1.29, 1.82) is 0 Å².